The smallest absolute Gasteiger partial charge is 0.407 e. The summed E-state index contributed by atoms with van der Waals surface area (Å²) in [5, 5.41) is 17.2. The lowest BCUT2D eigenvalue weighted by Crippen LogP contribution is -2.48. The molecule has 43 heavy (non-hydrogen) atoms. The number of unbranched alkanes of at least 4 members (excludes halogenated alkanes) is 1. The van der Waals surface area contributed by atoms with E-state index in [4.69, 9.17) is 23.7 Å². The molecule has 0 saturated carbocycles. The maximum absolute atomic E-state index is 12.8. The molecule has 10 heteroatoms. The van der Waals surface area contributed by atoms with Gasteiger partial charge < -0.3 is 39.4 Å². The molecule has 2 amide bonds. The molecule has 0 aromatic heterocycles. The molecular weight excluding hydrogens is 552 g/mol. The standard InChI is InChI=1S/C33H56N2O8/c1-9-10-12-34-31(37)23(4)17-27(36)26(35-32(38)43-33(5,6)7)21-25(22(2)3)18-24-19-28(40-14-11-13-39-8)30-29(20-24)41-15-16-42-30/h19-20,22-23,25-27,36H,9-18,21H2,1-8H3,(H,34,37)(H,35,38)/t23-,25+,26+,27+/m1/s1. The number of rotatable bonds is 18. The number of hydrogen-bond acceptors (Lipinski definition) is 8. The van der Waals surface area contributed by atoms with Crippen LogP contribution >= 0.6 is 0 Å². The molecule has 0 saturated heterocycles. The molecule has 0 unspecified atom stereocenters. The molecular formula is C33H56N2O8. The molecule has 246 valence electrons. The van der Waals surface area contributed by atoms with E-state index in [9.17, 15) is 14.7 Å². The van der Waals surface area contributed by atoms with Gasteiger partial charge in [0.2, 0.25) is 11.7 Å². The Kier molecular flexibility index (Phi) is 15.4. The van der Waals surface area contributed by atoms with Gasteiger partial charge in [-0.25, -0.2) is 4.79 Å². The third kappa shape index (κ3) is 13.2. The number of hydrogen-bond donors (Lipinski definition) is 3. The van der Waals surface area contributed by atoms with Gasteiger partial charge in [0, 0.05) is 32.6 Å². The van der Waals surface area contributed by atoms with Crippen LogP contribution in [0.5, 0.6) is 17.2 Å². The van der Waals surface area contributed by atoms with Crippen LogP contribution in [0.2, 0.25) is 0 Å². The number of nitrogens with one attached hydrogen (secondary N) is 2. The largest absolute Gasteiger partial charge is 0.489 e. The van der Waals surface area contributed by atoms with Crippen molar-refractivity contribution in [2.45, 2.75) is 105 Å². The average Bonchev–Trinajstić information content (AvgIpc) is 2.93. The van der Waals surface area contributed by atoms with Crippen molar-refractivity contribution in [2.24, 2.45) is 17.8 Å². The topological polar surface area (TPSA) is 125 Å². The predicted molar refractivity (Wildman–Crippen MR) is 167 cm³/mol. The van der Waals surface area contributed by atoms with Gasteiger partial charge in [0.05, 0.1) is 18.8 Å². The van der Waals surface area contributed by atoms with Crippen LogP contribution < -0.4 is 24.8 Å². The van der Waals surface area contributed by atoms with Gasteiger partial charge in [0.25, 0.3) is 0 Å². The van der Waals surface area contributed by atoms with Gasteiger partial charge in [-0.2, -0.15) is 0 Å². The number of amides is 2. The van der Waals surface area contributed by atoms with Crippen LogP contribution in [-0.4, -0.2) is 74.9 Å². The van der Waals surface area contributed by atoms with Gasteiger partial charge in [0.15, 0.2) is 11.5 Å². The molecule has 1 heterocycles. The fourth-order valence-corrected chi connectivity index (χ4v) is 4.97. The van der Waals surface area contributed by atoms with Gasteiger partial charge >= 0.3 is 6.09 Å². The van der Waals surface area contributed by atoms with Crippen LogP contribution in [0.4, 0.5) is 4.79 Å². The lowest BCUT2D eigenvalue weighted by molar-refractivity contribution is -0.125. The van der Waals surface area contributed by atoms with E-state index in [2.05, 4.69) is 31.4 Å². The van der Waals surface area contributed by atoms with Gasteiger partial charge in [-0.1, -0.05) is 34.1 Å². The van der Waals surface area contributed by atoms with Crippen LogP contribution in [0.3, 0.4) is 0 Å². The minimum atomic E-state index is -0.944. The van der Waals surface area contributed by atoms with E-state index in [-0.39, 0.29) is 24.2 Å². The molecule has 0 bridgehead atoms. The fraction of sp³-hybridized carbons (Fsp3) is 0.758. The Bertz CT molecular complexity index is 994. The highest BCUT2D eigenvalue weighted by Crippen LogP contribution is 2.41. The first-order valence-corrected chi connectivity index (χ1v) is 15.8. The Hall–Kier alpha value is -2.72. The highest BCUT2D eigenvalue weighted by molar-refractivity contribution is 5.78. The van der Waals surface area contributed by atoms with Crippen molar-refractivity contribution >= 4 is 12.0 Å². The molecule has 0 spiro atoms. The Balaban J connectivity index is 2.25. The average molecular weight is 609 g/mol. The van der Waals surface area contributed by atoms with Gasteiger partial charge in [-0.15, -0.1) is 0 Å². The number of fused-ring (bicyclic) bond motifs is 1. The molecule has 0 radical (unpaired) electrons. The number of ether oxygens (including phenoxy) is 5. The first-order valence-electron chi connectivity index (χ1n) is 15.8. The summed E-state index contributed by atoms with van der Waals surface area (Å²) < 4.78 is 28.5. The monoisotopic (exact) mass is 608 g/mol. The summed E-state index contributed by atoms with van der Waals surface area (Å²) in [6.07, 6.45) is 2.46. The van der Waals surface area contributed by atoms with Crippen LogP contribution in [0.15, 0.2) is 12.1 Å². The number of benzene rings is 1. The van der Waals surface area contributed by atoms with E-state index in [1.807, 2.05) is 12.1 Å². The molecule has 0 fully saturated rings. The zero-order valence-corrected chi connectivity index (χ0v) is 27.6. The molecule has 1 aliphatic heterocycles. The van der Waals surface area contributed by atoms with Crippen LogP contribution in [-0.2, 0) is 20.7 Å². The van der Waals surface area contributed by atoms with Crippen LogP contribution in [0, 0.1) is 17.8 Å². The van der Waals surface area contributed by atoms with Crippen molar-refractivity contribution in [3.8, 4) is 17.2 Å². The molecule has 1 aromatic rings. The Morgan fingerprint density at radius 2 is 1.77 bits per heavy atom. The number of carbonyl (C=O) groups is 2. The Morgan fingerprint density at radius 3 is 2.42 bits per heavy atom. The van der Waals surface area contributed by atoms with E-state index in [1.54, 1.807) is 34.8 Å². The second kappa shape index (κ2) is 18.2. The summed E-state index contributed by atoms with van der Waals surface area (Å²) in [5.41, 5.74) is 0.327. The zero-order valence-electron chi connectivity index (χ0n) is 27.6. The number of methoxy groups -OCH3 is 1. The zero-order chi connectivity index (χ0) is 32.0. The molecule has 3 N–H and O–H groups in total. The molecule has 10 nitrogen and oxygen atoms in total. The molecule has 1 aromatic carbocycles. The third-order valence-corrected chi connectivity index (χ3v) is 7.45. The van der Waals surface area contributed by atoms with Crippen LogP contribution in [0.25, 0.3) is 0 Å². The normalized spacial score (nSPS) is 15.8. The second-order valence-electron chi connectivity index (χ2n) is 12.9. The molecule has 4 atom stereocenters. The lowest BCUT2D eigenvalue weighted by atomic mass is 9.81. The van der Waals surface area contributed by atoms with Gasteiger partial charge in [0.1, 0.15) is 18.8 Å². The molecule has 2 rings (SSSR count). The first kappa shape index (κ1) is 36.5. The van der Waals surface area contributed by atoms with E-state index in [1.165, 1.54) is 0 Å². The Morgan fingerprint density at radius 1 is 1.05 bits per heavy atom. The SMILES string of the molecule is CCCCNC(=O)[C@H](C)C[C@H](O)[C@H](C[C@H](Cc1cc(OCCCOC)c2c(c1)OCCO2)C(C)C)NC(=O)OC(C)(C)C. The number of carbonyl (C=O) groups excluding carboxylic acids is 2. The van der Waals surface area contributed by atoms with Crippen LogP contribution in [0.1, 0.15) is 86.1 Å². The summed E-state index contributed by atoms with van der Waals surface area (Å²) in [4.78, 5) is 25.5. The summed E-state index contributed by atoms with van der Waals surface area (Å²) >= 11 is 0. The van der Waals surface area contributed by atoms with E-state index < -0.39 is 29.8 Å². The number of aliphatic hydroxyl groups is 1. The quantitative estimate of drug-likeness (QED) is 0.193. The maximum atomic E-state index is 12.8. The van der Waals surface area contributed by atoms with Gasteiger partial charge in [-0.05, 0) is 76.0 Å². The Labute approximate surface area is 258 Å². The van der Waals surface area contributed by atoms with Crippen molar-refractivity contribution < 1.29 is 38.4 Å². The highest BCUT2D eigenvalue weighted by Gasteiger charge is 2.31. The molecule has 0 aliphatic carbocycles. The van der Waals surface area contributed by atoms with Crippen molar-refractivity contribution in [1.29, 1.82) is 0 Å². The van der Waals surface area contributed by atoms with E-state index >= 15 is 0 Å². The van der Waals surface area contributed by atoms with Gasteiger partial charge in [-0.3, -0.25) is 4.79 Å². The minimum Gasteiger partial charge on any atom is -0.489 e. The predicted octanol–water partition coefficient (Wildman–Crippen LogP) is 5.27. The van der Waals surface area contributed by atoms with E-state index in [0.29, 0.717) is 63.1 Å². The van der Waals surface area contributed by atoms with E-state index in [0.717, 1.165) is 24.8 Å². The highest BCUT2D eigenvalue weighted by atomic mass is 16.6. The van der Waals surface area contributed by atoms with Crippen molar-refractivity contribution in [1.82, 2.24) is 10.6 Å². The summed E-state index contributed by atoms with van der Waals surface area (Å²) in [7, 11) is 1.66. The van der Waals surface area contributed by atoms with Crippen molar-refractivity contribution in [2.75, 3.05) is 40.1 Å². The fourth-order valence-electron chi connectivity index (χ4n) is 4.97. The second-order valence-corrected chi connectivity index (χ2v) is 12.9. The summed E-state index contributed by atoms with van der Waals surface area (Å²) in [6.45, 7) is 16.2. The molecule has 1 aliphatic rings. The first-order chi connectivity index (χ1) is 20.3. The van der Waals surface area contributed by atoms with Crippen molar-refractivity contribution in [3.63, 3.8) is 0 Å². The lowest BCUT2D eigenvalue weighted by Gasteiger charge is -2.32. The minimum absolute atomic E-state index is 0.0761. The summed E-state index contributed by atoms with van der Waals surface area (Å²) in [6, 6.07) is 3.36. The maximum Gasteiger partial charge on any atom is 0.407 e. The summed E-state index contributed by atoms with van der Waals surface area (Å²) in [5.74, 6) is 1.69. The third-order valence-electron chi connectivity index (χ3n) is 7.45. The number of aliphatic hydroxyl groups excluding tert-OH is 1. The van der Waals surface area contributed by atoms with Crippen molar-refractivity contribution in [3.05, 3.63) is 17.7 Å². The number of alkyl carbamates (subject to hydrolysis) is 1.